The number of hydrogen-bond acceptors (Lipinski definition) is 1. The lowest BCUT2D eigenvalue weighted by Gasteiger charge is -2.07. The van der Waals surface area contributed by atoms with Crippen LogP contribution in [-0.2, 0) is 4.79 Å². The lowest BCUT2D eigenvalue weighted by atomic mass is 10.00. The number of carboxylic acid groups (broad SMARTS) is 1. The van der Waals surface area contributed by atoms with Gasteiger partial charge in [0.1, 0.15) is 0 Å². The van der Waals surface area contributed by atoms with Crippen molar-refractivity contribution >= 4 is 5.97 Å². The van der Waals surface area contributed by atoms with Crippen LogP contribution in [0.5, 0.6) is 0 Å². The van der Waals surface area contributed by atoms with E-state index in [1.807, 2.05) is 6.08 Å². The molecule has 0 spiro atoms. The molecule has 1 unspecified atom stereocenters. The van der Waals surface area contributed by atoms with Crippen molar-refractivity contribution in [3.63, 3.8) is 0 Å². The Hall–Kier alpha value is -0.790. The van der Waals surface area contributed by atoms with Gasteiger partial charge in [-0.2, -0.15) is 0 Å². The minimum atomic E-state index is -0.707. The zero-order valence-electron chi connectivity index (χ0n) is 12.2. The molecule has 0 amide bonds. The number of allylic oxidation sites excluding steroid dienone is 2. The van der Waals surface area contributed by atoms with Crippen LogP contribution in [0.1, 0.15) is 78.1 Å². The maximum absolute atomic E-state index is 10.3. The molecule has 2 heteroatoms. The highest BCUT2D eigenvalue weighted by molar-refractivity contribution is 5.66. The van der Waals surface area contributed by atoms with Gasteiger partial charge in [-0.15, -0.1) is 0 Å². The molecular weight excluding hydrogens is 224 g/mol. The molecule has 1 atom stereocenters. The van der Waals surface area contributed by atoms with Crippen LogP contribution in [0.25, 0.3) is 0 Å². The zero-order valence-corrected chi connectivity index (χ0v) is 12.2. The van der Waals surface area contributed by atoms with Crippen molar-refractivity contribution in [2.45, 2.75) is 78.1 Å². The van der Waals surface area contributed by atoms with Gasteiger partial charge in [0.25, 0.3) is 0 Å². The predicted molar refractivity (Wildman–Crippen MR) is 77.8 cm³/mol. The average molecular weight is 254 g/mol. The highest BCUT2D eigenvalue weighted by atomic mass is 16.4. The Morgan fingerprint density at radius 1 is 1.06 bits per heavy atom. The van der Waals surface area contributed by atoms with Crippen molar-refractivity contribution < 1.29 is 9.90 Å². The molecule has 2 nitrogen and oxygen atoms in total. The molecular formula is C16H30O2. The van der Waals surface area contributed by atoms with Crippen molar-refractivity contribution in [2.75, 3.05) is 0 Å². The molecule has 0 bridgehead atoms. The van der Waals surface area contributed by atoms with Gasteiger partial charge in [0.2, 0.25) is 0 Å². The highest BCUT2D eigenvalue weighted by Gasteiger charge is 1.97. The second-order valence-electron chi connectivity index (χ2n) is 5.26. The minimum absolute atomic E-state index is 0.256. The van der Waals surface area contributed by atoms with E-state index in [2.05, 4.69) is 19.9 Å². The number of rotatable bonds is 12. The van der Waals surface area contributed by atoms with Gasteiger partial charge in [-0.1, -0.05) is 64.5 Å². The Balaban J connectivity index is 3.14. The first-order valence-corrected chi connectivity index (χ1v) is 7.53. The molecule has 0 heterocycles. The summed E-state index contributed by atoms with van der Waals surface area (Å²) in [7, 11) is 0. The molecule has 0 aromatic rings. The van der Waals surface area contributed by atoms with Crippen molar-refractivity contribution in [3.05, 3.63) is 12.2 Å². The molecule has 0 radical (unpaired) electrons. The van der Waals surface area contributed by atoms with Crippen molar-refractivity contribution in [1.29, 1.82) is 0 Å². The fourth-order valence-electron chi connectivity index (χ4n) is 1.93. The number of carbonyl (C=O) groups is 1. The summed E-state index contributed by atoms with van der Waals surface area (Å²) >= 11 is 0. The van der Waals surface area contributed by atoms with Crippen LogP contribution in [0, 0.1) is 5.92 Å². The number of unbranched alkanes of at least 4 members (excludes halogenated alkanes) is 5. The van der Waals surface area contributed by atoms with Crippen LogP contribution < -0.4 is 0 Å². The zero-order chi connectivity index (χ0) is 13.6. The molecule has 0 fully saturated rings. The monoisotopic (exact) mass is 254 g/mol. The lowest BCUT2D eigenvalue weighted by molar-refractivity contribution is -0.136. The second kappa shape index (κ2) is 12.7. The average Bonchev–Trinajstić information content (AvgIpc) is 2.35. The van der Waals surface area contributed by atoms with Crippen molar-refractivity contribution in [3.8, 4) is 0 Å². The fourth-order valence-corrected chi connectivity index (χ4v) is 1.93. The van der Waals surface area contributed by atoms with Gasteiger partial charge in [-0.3, -0.25) is 4.79 Å². The van der Waals surface area contributed by atoms with E-state index in [1.54, 1.807) is 0 Å². The van der Waals surface area contributed by atoms with Crippen LogP contribution in [0.2, 0.25) is 0 Å². The summed E-state index contributed by atoms with van der Waals surface area (Å²) in [5.41, 5.74) is 0. The first kappa shape index (κ1) is 17.2. The van der Waals surface area contributed by atoms with Gasteiger partial charge in [-0.25, -0.2) is 0 Å². The maximum Gasteiger partial charge on any atom is 0.303 e. The third-order valence-electron chi connectivity index (χ3n) is 3.46. The lowest BCUT2D eigenvalue weighted by Crippen LogP contribution is -1.91. The van der Waals surface area contributed by atoms with Gasteiger partial charge in [0.05, 0.1) is 0 Å². The van der Waals surface area contributed by atoms with Crippen LogP contribution in [-0.4, -0.2) is 11.1 Å². The van der Waals surface area contributed by atoms with Crippen LogP contribution in [0.15, 0.2) is 12.2 Å². The SMILES string of the molecule is CCC(C)CCCCCCCC=CCCC(=O)O. The summed E-state index contributed by atoms with van der Waals surface area (Å²) in [6, 6.07) is 0. The van der Waals surface area contributed by atoms with Crippen molar-refractivity contribution in [1.82, 2.24) is 0 Å². The van der Waals surface area contributed by atoms with Gasteiger partial charge in [-0.05, 0) is 25.2 Å². The third-order valence-corrected chi connectivity index (χ3v) is 3.46. The van der Waals surface area contributed by atoms with E-state index >= 15 is 0 Å². The van der Waals surface area contributed by atoms with Crippen LogP contribution >= 0.6 is 0 Å². The number of hydrogen-bond donors (Lipinski definition) is 1. The quantitative estimate of drug-likeness (QED) is 0.384. The van der Waals surface area contributed by atoms with E-state index in [0.717, 1.165) is 12.3 Å². The smallest absolute Gasteiger partial charge is 0.303 e. The van der Waals surface area contributed by atoms with Gasteiger partial charge < -0.3 is 5.11 Å². The first-order chi connectivity index (χ1) is 8.66. The fraction of sp³-hybridized carbons (Fsp3) is 0.812. The minimum Gasteiger partial charge on any atom is -0.481 e. The van der Waals surface area contributed by atoms with E-state index in [0.29, 0.717) is 6.42 Å². The highest BCUT2D eigenvalue weighted by Crippen LogP contribution is 2.14. The normalized spacial score (nSPS) is 13.0. The van der Waals surface area contributed by atoms with E-state index in [9.17, 15) is 4.79 Å². The molecule has 0 rings (SSSR count). The summed E-state index contributed by atoms with van der Waals surface area (Å²) in [4.78, 5) is 10.3. The molecule has 0 aromatic carbocycles. The molecule has 0 aromatic heterocycles. The van der Waals surface area contributed by atoms with Gasteiger partial charge >= 0.3 is 5.97 Å². The molecule has 0 aliphatic carbocycles. The predicted octanol–water partition coefficient (Wildman–Crippen LogP) is 5.18. The maximum atomic E-state index is 10.3. The summed E-state index contributed by atoms with van der Waals surface area (Å²) < 4.78 is 0. The van der Waals surface area contributed by atoms with Crippen LogP contribution in [0.4, 0.5) is 0 Å². The van der Waals surface area contributed by atoms with E-state index in [-0.39, 0.29) is 6.42 Å². The summed E-state index contributed by atoms with van der Waals surface area (Å²) in [5, 5.41) is 8.46. The van der Waals surface area contributed by atoms with Gasteiger partial charge in [0, 0.05) is 6.42 Å². The Bertz CT molecular complexity index is 221. The molecule has 0 saturated carbocycles. The largest absolute Gasteiger partial charge is 0.481 e. The molecule has 106 valence electrons. The topological polar surface area (TPSA) is 37.3 Å². The van der Waals surface area contributed by atoms with E-state index < -0.39 is 5.97 Å². The number of aliphatic carboxylic acids is 1. The summed E-state index contributed by atoms with van der Waals surface area (Å²) in [5.74, 6) is 0.183. The Kier molecular flexibility index (Phi) is 12.1. The molecule has 0 aliphatic rings. The molecule has 0 saturated heterocycles. The Labute approximate surface area is 112 Å². The Morgan fingerprint density at radius 3 is 2.33 bits per heavy atom. The Morgan fingerprint density at radius 2 is 1.67 bits per heavy atom. The standard InChI is InChI=1S/C16H30O2/c1-3-15(2)13-11-9-7-5-4-6-8-10-12-14-16(17)18/h8,10,15H,3-7,9,11-14H2,1-2H3,(H,17,18). The van der Waals surface area contributed by atoms with E-state index in [4.69, 9.17) is 5.11 Å². The molecule has 0 aliphatic heterocycles. The van der Waals surface area contributed by atoms with Crippen molar-refractivity contribution in [2.24, 2.45) is 5.92 Å². The first-order valence-electron chi connectivity index (χ1n) is 7.53. The summed E-state index contributed by atoms with van der Waals surface area (Å²) in [6.45, 7) is 4.60. The van der Waals surface area contributed by atoms with Gasteiger partial charge in [0.15, 0.2) is 0 Å². The molecule has 18 heavy (non-hydrogen) atoms. The number of carboxylic acids is 1. The molecule has 1 N–H and O–H groups in total. The third kappa shape index (κ3) is 13.3. The van der Waals surface area contributed by atoms with E-state index in [1.165, 1.54) is 44.9 Å². The summed E-state index contributed by atoms with van der Waals surface area (Å²) in [6.07, 6.45) is 15.5. The second-order valence-corrected chi connectivity index (χ2v) is 5.26. The van der Waals surface area contributed by atoms with Crippen LogP contribution in [0.3, 0.4) is 0 Å².